The summed E-state index contributed by atoms with van der Waals surface area (Å²) in [4.78, 5) is 14.6. The first-order valence-electron chi connectivity index (χ1n) is 6.45. The molecule has 3 nitrogen and oxygen atoms in total. The number of piperazine rings is 1. The monoisotopic (exact) mass is 228 g/mol. The van der Waals surface area contributed by atoms with Crippen molar-refractivity contribution in [2.24, 2.45) is 0 Å². The maximum Gasteiger partial charge on any atom is 0.231 e. The van der Waals surface area contributed by atoms with Crippen LogP contribution in [-0.2, 0) is 11.2 Å². The van der Waals surface area contributed by atoms with Crippen molar-refractivity contribution in [3.8, 4) is 0 Å². The lowest BCUT2D eigenvalue weighted by atomic mass is 9.75. The van der Waals surface area contributed by atoms with Crippen LogP contribution in [-0.4, -0.2) is 36.0 Å². The Balaban J connectivity index is 1.56. The van der Waals surface area contributed by atoms with Crippen LogP contribution in [0.4, 0.5) is 0 Å². The first kappa shape index (κ1) is 9.66. The average molecular weight is 228 g/mol. The molecule has 3 aliphatic rings. The Bertz CT molecular complexity index is 471. The molecule has 1 amide bonds. The number of piperidine rings is 1. The van der Waals surface area contributed by atoms with Crippen molar-refractivity contribution in [2.45, 2.75) is 30.8 Å². The normalized spacial score (nSPS) is 33.4. The number of nitrogens with one attached hydrogen (secondary N) is 1. The zero-order valence-corrected chi connectivity index (χ0v) is 9.73. The molecule has 88 valence electrons. The van der Waals surface area contributed by atoms with Crippen LogP contribution in [0, 0.1) is 0 Å². The van der Waals surface area contributed by atoms with E-state index in [4.69, 9.17) is 0 Å². The first-order valence-corrected chi connectivity index (χ1v) is 6.45. The fourth-order valence-electron chi connectivity index (χ4n) is 3.50. The Hall–Kier alpha value is -1.35. The zero-order chi connectivity index (χ0) is 11.4. The summed E-state index contributed by atoms with van der Waals surface area (Å²) in [5.74, 6) is 0.515. The molecule has 2 aliphatic heterocycles. The molecule has 0 radical (unpaired) electrons. The maximum atomic E-state index is 12.5. The Morgan fingerprint density at radius 1 is 1.24 bits per heavy atom. The number of carbonyl (C=O) groups is 1. The number of rotatable bonds is 1. The molecule has 3 unspecified atom stereocenters. The Morgan fingerprint density at radius 2 is 2.00 bits per heavy atom. The van der Waals surface area contributed by atoms with Crippen molar-refractivity contribution >= 4 is 5.91 Å². The van der Waals surface area contributed by atoms with E-state index in [1.807, 2.05) is 6.07 Å². The Labute approximate surface area is 101 Å². The Morgan fingerprint density at radius 3 is 2.71 bits per heavy atom. The highest BCUT2D eigenvalue weighted by molar-refractivity contribution is 5.88. The van der Waals surface area contributed by atoms with Crippen molar-refractivity contribution in [1.82, 2.24) is 10.2 Å². The minimum Gasteiger partial charge on any atom is -0.333 e. The minimum atomic E-state index is 0.148. The molecule has 2 bridgehead atoms. The molecular weight excluding hydrogens is 212 g/mol. The van der Waals surface area contributed by atoms with Gasteiger partial charge in [-0.05, 0) is 24.0 Å². The molecule has 1 aromatic rings. The topological polar surface area (TPSA) is 32.3 Å². The third-order valence-electron chi connectivity index (χ3n) is 4.50. The molecule has 2 heterocycles. The number of hydrogen-bond acceptors (Lipinski definition) is 2. The Kier molecular flexibility index (Phi) is 1.89. The smallest absolute Gasteiger partial charge is 0.231 e. The average Bonchev–Trinajstić information content (AvgIpc) is 2.31. The molecule has 0 aromatic heterocycles. The quantitative estimate of drug-likeness (QED) is 0.774. The second-order valence-corrected chi connectivity index (χ2v) is 5.40. The number of hydrogen-bond donors (Lipinski definition) is 1. The maximum absolute atomic E-state index is 12.5. The summed E-state index contributed by atoms with van der Waals surface area (Å²) in [6, 6.07) is 9.27. The largest absolute Gasteiger partial charge is 0.333 e. The highest BCUT2D eigenvalue weighted by Gasteiger charge is 2.47. The molecule has 3 atom stereocenters. The van der Waals surface area contributed by atoms with Gasteiger partial charge in [0.1, 0.15) is 0 Å². The fraction of sp³-hybridized carbons (Fsp3) is 0.500. The van der Waals surface area contributed by atoms with Gasteiger partial charge in [0.2, 0.25) is 5.91 Å². The van der Waals surface area contributed by atoms with Gasteiger partial charge >= 0.3 is 0 Å². The van der Waals surface area contributed by atoms with Crippen LogP contribution >= 0.6 is 0 Å². The van der Waals surface area contributed by atoms with Gasteiger partial charge in [-0.2, -0.15) is 0 Å². The van der Waals surface area contributed by atoms with Gasteiger partial charge in [0.25, 0.3) is 0 Å². The van der Waals surface area contributed by atoms with Crippen molar-refractivity contribution < 1.29 is 4.79 Å². The molecule has 3 heteroatoms. The molecule has 4 rings (SSSR count). The summed E-state index contributed by atoms with van der Waals surface area (Å²) in [6.07, 6.45) is 2.14. The number of carbonyl (C=O) groups excluding carboxylic acids is 1. The predicted molar refractivity (Wildman–Crippen MR) is 64.8 cm³/mol. The van der Waals surface area contributed by atoms with E-state index in [9.17, 15) is 4.79 Å². The summed E-state index contributed by atoms with van der Waals surface area (Å²) < 4.78 is 0. The van der Waals surface area contributed by atoms with E-state index in [1.54, 1.807) is 0 Å². The van der Waals surface area contributed by atoms with Gasteiger partial charge in [-0.25, -0.2) is 0 Å². The van der Waals surface area contributed by atoms with E-state index in [0.717, 1.165) is 19.5 Å². The van der Waals surface area contributed by atoms with E-state index in [-0.39, 0.29) is 5.92 Å². The van der Waals surface area contributed by atoms with Gasteiger partial charge < -0.3 is 10.2 Å². The minimum absolute atomic E-state index is 0.148. The molecule has 1 N–H and O–H groups in total. The second-order valence-electron chi connectivity index (χ2n) is 5.40. The zero-order valence-electron chi connectivity index (χ0n) is 9.73. The summed E-state index contributed by atoms with van der Waals surface area (Å²) in [5.41, 5.74) is 2.62. The van der Waals surface area contributed by atoms with Crippen molar-refractivity contribution in [3.05, 3.63) is 35.4 Å². The molecule has 17 heavy (non-hydrogen) atoms. The molecule has 2 saturated heterocycles. The van der Waals surface area contributed by atoms with Gasteiger partial charge in [-0.1, -0.05) is 24.3 Å². The highest BCUT2D eigenvalue weighted by Crippen LogP contribution is 2.40. The van der Waals surface area contributed by atoms with E-state index >= 15 is 0 Å². The number of fused-ring (bicyclic) bond motifs is 3. The molecule has 2 fully saturated rings. The molecule has 0 spiro atoms. The lowest BCUT2D eigenvalue weighted by molar-refractivity contribution is -0.149. The molecular formula is C14H16N2O. The van der Waals surface area contributed by atoms with Crippen LogP contribution in [0.25, 0.3) is 0 Å². The van der Waals surface area contributed by atoms with Gasteiger partial charge in [-0.15, -0.1) is 0 Å². The van der Waals surface area contributed by atoms with E-state index < -0.39 is 0 Å². The van der Waals surface area contributed by atoms with Gasteiger partial charge in [0.05, 0.1) is 5.92 Å². The van der Waals surface area contributed by atoms with Crippen LogP contribution in [0.1, 0.15) is 23.5 Å². The number of amides is 1. The van der Waals surface area contributed by atoms with Gasteiger partial charge in [-0.3, -0.25) is 4.79 Å². The van der Waals surface area contributed by atoms with E-state index in [1.165, 1.54) is 17.5 Å². The standard InChI is InChI=1S/C14H16N2O/c17-14(16-10-6-11(16)8-15-7-10)13-5-9-3-1-2-4-12(9)13/h1-4,10-11,13,15H,5-8H2. The second kappa shape index (κ2) is 3.33. The predicted octanol–water partition coefficient (Wildman–Crippen LogP) is 0.899. The summed E-state index contributed by atoms with van der Waals surface area (Å²) in [5, 5.41) is 3.37. The molecule has 1 aliphatic carbocycles. The number of benzene rings is 1. The van der Waals surface area contributed by atoms with E-state index in [2.05, 4.69) is 28.4 Å². The first-order chi connectivity index (χ1) is 8.34. The van der Waals surface area contributed by atoms with Crippen molar-refractivity contribution in [2.75, 3.05) is 13.1 Å². The number of nitrogens with zero attached hydrogens (tertiary/aromatic N) is 1. The van der Waals surface area contributed by atoms with Crippen LogP contribution in [0.2, 0.25) is 0 Å². The van der Waals surface area contributed by atoms with Crippen LogP contribution in [0.3, 0.4) is 0 Å². The van der Waals surface area contributed by atoms with Crippen molar-refractivity contribution in [1.29, 1.82) is 0 Å². The fourth-order valence-corrected chi connectivity index (χ4v) is 3.50. The lowest BCUT2D eigenvalue weighted by Crippen LogP contribution is -2.70. The van der Waals surface area contributed by atoms with Gasteiger partial charge in [0, 0.05) is 25.2 Å². The van der Waals surface area contributed by atoms with E-state index in [0.29, 0.717) is 18.0 Å². The molecule has 0 saturated carbocycles. The molecule has 1 aromatic carbocycles. The van der Waals surface area contributed by atoms with Crippen LogP contribution in [0.15, 0.2) is 24.3 Å². The SMILES string of the molecule is O=C(C1Cc2ccccc21)N1C2CNCC1C2. The lowest BCUT2D eigenvalue weighted by Gasteiger charge is -2.54. The van der Waals surface area contributed by atoms with Crippen LogP contribution in [0.5, 0.6) is 0 Å². The summed E-state index contributed by atoms with van der Waals surface area (Å²) in [7, 11) is 0. The third kappa shape index (κ3) is 1.23. The summed E-state index contributed by atoms with van der Waals surface area (Å²) >= 11 is 0. The van der Waals surface area contributed by atoms with Gasteiger partial charge in [0.15, 0.2) is 0 Å². The van der Waals surface area contributed by atoms with Crippen LogP contribution < -0.4 is 5.32 Å². The summed E-state index contributed by atoms with van der Waals surface area (Å²) in [6.45, 7) is 1.97. The third-order valence-corrected chi connectivity index (χ3v) is 4.50. The van der Waals surface area contributed by atoms with Crippen molar-refractivity contribution in [3.63, 3.8) is 0 Å². The highest BCUT2D eigenvalue weighted by atomic mass is 16.2.